The van der Waals surface area contributed by atoms with Gasteiger partial charge in [-0.3, -0.25) is 0 Å². The molecule has 0 saturated heterocycles. The van der Waals surface area contributed by atoms with Crippen molar-refractivity contribution in [3.63, 3.8) is 0 Å². The van der Waals surface area contributed by atoms with Crippen molar-refractivity contribution in [3.8, 4) is 0 Å². The summed E-state index contributed by atoms with van der Waals surface area (Å²) in [6, 6.07) is 8.64. The summed E-state index contributed by atoms with van der Waals surface area (Å²) in [4.78, 5) is 0. The predicted octanol–water partition coefficient (Wildman–Crippen LogP) is 2.80. The lowest BCUT2D eigenvalue weighted by Crippen LogP contribution is -2.25. The molecule has 17 heavy (non-hydrogen) atoms. The molecule has 2 heteroatoms. The first-order valence-electron chi connectivity index (χ1n) is 6.39. The number of benzene rings is 1. The highest BCUT2D eigenvalue weighted by atomic mass is 16.5. The van der Waals surface area contributed by atoms with E-state index in [4.69, 9.17) is 4.74 Å². The second kappa shape index (κ2) is 7.46. The Morgan fingerprint density at radius 2 is 2.00 bits per heavy atom. The van der Waals surface area contributed by atoms with E-state index in [0.29, 0.717) is 12.0 Å². The van der Waals surface area contributed by atoms with Gasteiger partial charge in [0.15, 0.2) is 0 Å². The zero-order valence-electron chi connectivity index (χ0n) is 11.5. The summed E-state index contributed by atoms with van der Waals surface area (Å²) in [6.07, 6.45) is 2.56. The van der Waals surface area contributed by atoms with Gasteiger partial charge in [-0.25, -0.2) is 0 Å². The van der Waals surface area contributed by atoms with Gasteiger partial charge in [-0.1, -0.05) is 24.3 Å². The Hall–Kier alpha value is -0.860. The van der Waals surface area contributed by atoms with Gasteiger partial charge in [-0.15, -0.1) is 0 Å². The maximum atomic E-state index is 5.37. The first kappa shape index (κ1) is 14.2. The molecule has 0 heterocycles. The molecule has 1 aromatic rings. The number of ether oxygens (including phenoxy) is 1. The molecule has 0 saturated carbocycles. The fourth-order valence-corrected chi connectivity index (χ4v) is 2.24. The van der Waals surface area contributed by atoms with Crippen LogP contribution in [-0.4, -0.2) is 26.8 Å². The number of hydrogen-bond donors (Lipinski definition) is 1. The smallest absolute Gasteiger partial charge is 0.0546 e. The molecule has 0 aromatic heterocycles. The molecule has 1 rings (SSSR count). The number of nitrogens with one attached hydrogen (secondary N) is 1. The van der Waals surface area contributed by atoms with E-state index < -0.39 is 0 Å². The van der Waals surface area contributed by atoms with Crippen LogP contribution in [-0.2, 0) is 11.2 Å². The van der Waals surface area contributed by atoms with E-state index in [1.807, 2.05) is 7.05 Å². The van der Waals surface area contributed by atoms with Gasteiger partial charge in [0.1, 0.15) is 0 Å². The van der Waals surface area contributed by atoms with E-state index in [0.717, 1.165) is 19.4 Å². The zero-order valence-corrected chi connectivity index (χ0v) is 11.5. The lowest BCUT2D eigenvalue weighted by molar-refractivity contribution is 0.0949. The van der Waals surface area contributed by atoms with Crippen LogP contribution in [0, 0.1) is 12.8 Å². The molecule has 2 nitrogen and oxygen atoms in total. The molecule has 0 aliphatic rings. The molecular weight excluding hydrogens is 210 g/mol. The van der Waals surface area contributed by atoms with Gasteiger partial charge in [0.05, 0.1) is 6.10 Å². The van der Waals surface area contributed by atoms with Crippen LogP contribution in [0.3, 0.4) is 0 Å². The van der Waals surface area contributed by atoms with Crippen molar-refractivity contribution >= 4 is 0 Å². The van der Waals surface area contributed by atoms with Crippen LogP contribution in [0.2, 0.25) is 0 Å². The molecule has 0 fully saturated rings. The summed E-state index contributed by atoms with van der Waals surface area (Å²) in [5.74, 6) is 0.635. The van der Waals surface area contributed by atoms with E-state index in [-0.39, 0.29) is 0 Å². The quantitative estimate of drug-likeness (QED) is 0.784. The van der Waals surface area contributed by atoms with Gasteiger partial charge in [0.25, 0.3) is 0 Å². The van der Waals surface area contributed by atoms with E-state index in [1.165, 1.54) is 11.1 Å². The molecular formula is C15H25NO. The minimum Gasteiger partial charge on any atom is -0.382 e. The van der Waals surface area contributed by atoms with Gasteiger partial charge in [0, 0.05) is 7.11 Å². The third-order valence-corrected chi connectivity index (χ3v) is 3.33. The molecule has 0 radical (unpaired) electrons. The molecule has 1 aromatic carbocycles. The Kier molecular flexibility index (Phi) is 6.23. The van der Waals surface area contributed by atoms with Crippen molar-refractivity contribution in [1.82, 2.24) is 5.32 Å². The Balaban J connectivity index is 2.63. The second-order valence-electron chi connectivity index (χ2n) is 4.84. The molecule has 96 valence electrons. The Labute approximate surface area is 105 Å². The maximum Gasteiger partial charge on any atom is 0.0546 e. The number of methoxy groups -OCH3 is 1. The molecule has 0 bridgehead atoms. The third kappa shape index (κ3) is 4.88. The minimum absolute atomic E-state index is 0.331. The van der Waals surface area contributed by atoms with Crippen LogP contribution in [0.5, 0.6) is 0 Å². The molecule has 0 aliphatic heterocycles. The van der Waals surface area contributed by atoms with E-state index >= 15 is 0 Å². The summed E-state index contributed by atoms with van der Waals surface area (Å²) in [5, 5.41) is 3.28. The van der Waals surface area contributed by atoms with Crippen LogP contribution < -0.4 is 5.32 Å². The van der Waals surface area contributed by atoms with Gasteiger partial charge in [-0.2, -0.15) is 0 Å². The largest absolute Gasteiger partial charge is 0.382 e. The zero-order chi connectivity index (χ0) is 12.7. The molecule has 0 amide bonds. The van der Waals surface area contributed by atoms with E-state index in [1.54, 1.807) is 7.11 Å². The highest BCUT2D eigenvalue weighted by molar-refractivity contribution is 5.25. The lowest BCUT2D eigenvalue weighted by atomic mass is 9.92. The van der Waals surface area contributed by atoms with Crippen LogP contribution in [0.1, 0.15) is 24.5 Å². The summed E-state index contributed by atoms with van der Waals surface area (Å²) in [6.45, 7) is 5.37. The second-order valence-corrected chi connectivity index (χ2v) is 4.84. The first-order valence-corrected chi connectivity index (χ1v) is 6.39. The highest BCUT2D eigenvalue weighted by Crippen LogP contribution is 2.17. The topological polar surface area (TPSA) is 21.3 Å². The summed E-state index contributed by atoms with van der Waals surface area (Å²) in [7, 11) is 3.80. The SMILES string of the molecule is CNCC(Cc1ccccc1C)CC(C)OC. The van der Waals surface area contributed by atoms with Crippen LogP contribution in [0.4, 0.5) is 0 Å². The van der Waals surface area contributed by atoms with Gasteiger partial charge < -0.3 is 10.1 Å². The third-order valence-electron chi connectivity index (χ3n) is 3.33. The minimum atomic E-state index is 0.331. The van der Waals surface area contributed by atoms with Crippen LogP contribution >= 0.6 is 0 Å². The van der Waals surface area contributed by atoms with Crippen molar-refractivity contribution in [2.75, 3.05) is 20.7 Å². The Morgan fingerprint density at radius 3 is 2.59 bits per heavy atom. The number of aryl methyl sites for hydroxylation is 1. The first-order chi connectivity index (χ1) is 8.17. The van der Waals surface area contributed by atoms with Crippen molar-refractivity contribution in [3.05, 3.63) is 35.4 Å². The van der Waals surface area contributed by atoms with Crippen molar-refractivity contribution in [2.45, 2.75) is 32.8 Å². The molecule has 0 spiro atoms. The van der Waals surface area contributed by atoms with E-state index in [2.05, 4.69) is 43.4 Å². The standard InChI is InChI=1S/C15H25NO/c1-12-7-5-6-8-15(12)10-14(11-16-3)9-13(2)17-4/h5-8,13-14,16H,9-11H2,1-4H3. The Morgan fingerprint density at radius 1 is 1.29 bits per heavy atom. The lowest BCUT2D eigenvalue weighted by Gasteiger charge is -2.21. The highest BCUT2D eigenvalue weighted by Gasteiger charge is 2.13. The fourth-order valence-electron chi connectivity index (χ4n) is 2.24. The summed E-state index contributed by atoms with van der Waals surface area (Å²) >= 11 is 0. The molecule has 0 aliphatic carbocycles. The Bertz CT molecular complexity index is 324. The number of rotatable bonds is 7. The summed E-state index contributed by atoms with van der Waals surface area (Å²) in [5.41, 5.74) is 2.84. The molecule has 2 atom stereocenters. The van der Waals surface area contributed by atoms with Crippen molar-refractivity contribution in [1.29, 1.82) is 0 Å². The van der Waals surface area contributed by atoms with E-state index in [9.17, 15) is 0 Å². The summed E-state index contributed by atoms with van der Waals surface area (Å²) < 4.78 is 5.37. The van der Waals surface area contributed by atoms with Crippen LogP contribution in [0.25, 0.3) is 0 Å². The fraction of sp³-hybridized carbons (Fsp3) is 0.600. The number of hydrogen-bond acceptors (Lipinski definition) is 2. The molecule has 2 unspecified atom stereocenters. The maximum absolute atomic E-state index is 5.37. The van der Waals surface area contributed by atoms with Crippen LogP contribution in [0.15, 0.2) is 24.3 Å². The van der Waals surface area contributed by atoms with Crippen molar-refractivity contribution in [2.24, 2.45) is 5.92 Å². The monoisotopic (exact) mass is 235 g/mol. The normalized spacial score (nSPS) is 14.6. The average molecular weight is 235 g/mol. The van der Waals surface area contributed by atoms with Gasteiger partial charge in [-0.05, 0) is 57.3 Å². The van der Waals surface area contributed by atoms with Gasteiger partial charge in [0.2, 0.25) is 0 Å². The van der Waals surface area contributed by atoms with Gasteiger partial charge >= 0.3 is 0 Å². The van der Waals surface area contributed by atoms with Crippen molar-refractivity contribution < 1.29 is 4.74 Å². The molecule has 1 N–H and O–H groups in total. The average Bonchev–Trinajstić information content (AvgIpc) is 2.32. The predicted molar refractivity (Wildman–Crippen MR) is 73.4 cm³/mol.